The van der Waals surface area contributed by atoms with Gasteiger partial charge in [0.2, 0.25) is 0 Å². The van der Waals surface area contributed by atoms with Crippen LogP contribution in [-0.4, -0.2) is 17.4 Å². The number of aryl methyl sites for hydroxylation is 2. The molecular formula is C16H18FN3O. The van der Waals surface area contributed by atoms with E-state index in [4.69, 9.17) is 0 Å². The third-order valence-corrected chi connectivity index (χ3v) is 2.99. The molecule has 2 rings (SSSR count). The number of nitrogens with one attached hydrogen (secondary N) is 2. The first-order valence-electron chi connectivity index (χ1n) is 6.79. The Hall–Kier alpha value is -2.43. The fraction of sp³-hybridized carbons (Fsp3) is 0.250. The SMILES string of the molecule is CCNc1cc(C(=O)Nc2ccc(F)c(C)c2)cc(C)n1. The van der Waals surface area contributed by atoms with Crippen LogP contribution in [0.4, 0.5) is 15.9 Å². The molecule has 0 saturated heterocycles. The number of rotatable bonds is 4. The van der Waals surface area contributed by atoms with Crippen molar-refractivity contribution in [1.82, 2.24) is 4.98 Å². The lowest BCUT2D eigenvalue weighted by molar-refractivity contribution is 0.102. The quantitative estimate of drug-likeness (QED) is 0.904. The predicted octanol–water partition coefficient (Wildman–Crippen LogP) is 3.52. The van der Waals surface area contributed by atoms with Crippen molar-refractivity contribution in [3.8, 4) is 0 Å². The maximum absolute atomic E-state index is 13.2. The molecule has 1 aromatic carbocycles. The highest BCUT2D eigenvalue weighted by Crippen LogP contribution is 2.16. The monoisotopic (exact) mass is 287 g/mol. The number of hydrogen-bond acceptors (Lipinski definition) is 3. The number of nitrogens with zero attached hydrogens (tertiary/aromatic N) is 1. The van der Waals surface area contributed by atoms with E-state index in [0.717, 1.165) is 12.2 Å². The molecule has 2 N–H and O–H groups in total. The third kappa shape index (κ3) is 3.78. The first-order chi connectivity index (χ1) is 9.99. The van der Waals surface area contributed by atoms with Crippen LogP contribution >= 0.6 is 0 Å². The Morgan fingerprint density at radius 1 is 1.24 bits per heavy atom. The van der Waals surface area contributed by atoms with Crippen LogP contribution in [0, 0.1) is 19.7 Å². The summed E-state index contributed by atoms with van der Waals surface area (Å²) in [6.45, 7) is 6.18. The number of halogens is 1. The summed E-state index contributed by atoms with van der Waals surface area (Å²) in [7, 11) is 0. The van der Waals surface area contributed by atoms with Gasteiger partial charge in [-0.2, -0.15) is 0 Å². The molecule has 0 aliphatic rings. The topological polar surface area (TPSA) is 54.0 Å². The van der Waals surface area contributed by atoms with Crippen LogP contribution in [0.2, 0.25) is 0 Å². The summed E-state index contributed by atoms with van der Waals surface area (Å²) in [4.78, 5) is 16.6. The molecule has 0 unspecified atom stereocenters. The molecule has 1 aromatic heterocycles. The number of hydrogen-bond donors (Lipinski definition) is 2. The maximum Gasteiger partial charge on any atom is 0.255 e. The van der Waals surface area contributed by atoms with Gasteiger partial charge in [0, 0.05) is 23.5 Å². The minimum atomic E-state index is -0.290. The molecule has 0 atom stereocenters. The summed E-state index contributed by atoms with van der Waals surface area (Å²) < 4.78 is 13.2. The second-order valence-corrected chi connectivity index (χ2v) is 4.83. The van der Waals surface area contributed by atoms with Gasteiger partial charge >= 0.3 is 0 Å². The minimum absolute atomic E-state index is 0.245. The number of aromatic nitrogens is 1. The summed E-state index contributed by atoms with van der Waals surface area (Å²) in [5.74, 6) is 0.130. The van der Waals surface area contributed by atoms with E-state index in [1.165, 1.54) is 6.07 Å². The molecule has 1 amide bonds. The first-order valence-corrected chi connectivity index (χ1v) is 6.79. The lowest BCUT2D eigenvalue weighted by Gasteiger charge is -2.09. The number of anilines is 2. The molecule has 2 aromatic rings. The van der Waals surface area contributed by atoms with Gasteiger partial charge in [0.15, 0.2) is 0 Å². The van der Waals surface area contributed by atoms with E-state index in [1.54, 1.807) is 31.2 Å². The van der Waals surface area contributed by atoms with Crippen molar-refractivity contribution >= 4 is 17.4 Å². The fourth-order valence-electron chi connectivity index (χ4n) is 2.00. The van der Waals surface area contributed by atoms with Crippen molar-refractivity contribution in [2.45, 2.75) is 20.8 Å². The lowest BCUT2D eigenvalue weighted by atomic mass is 10.2. The highest BCUT2D eigenvalue weighted by Gasteiger charge is 2.09. The smallest absolute Gasteiger partial charge is 0.255 e. The van der Waals surface area contributed by atoms with Crippen LogP contribution in [0.3, 0.4) is 0 Å². The van der Waals surface area contributed by atoms with Gasteiger partial charge in [-0.05, 0) is 56.7 Å². The van der Waals surface area contributed by atoms with Crippen molar-refractivity contribution < 1.29 is 9.18 Å². The van der Waals surface area contributed by atoms with Crippen molar-refractivity contribution in [3.63, 3.8) is 0 Å². The number of carbonyl (C=O) groups excluding carboxylic acids is 1. The molecule has 0 bridgehead atoms. The number of carbonyl (C=O) groups is 1. The minimum Gasteiger partial charge on any atom is -0.370 e. The van der Waals surface area contributed by atoms with Gasteiger partial charge in [-0.3, -0.25) is 4.79 Å². The zero-order valence-electron chi connectivity index (χ0n) is 12.3. The molecular weight excluding hydrogens is 269 g/mol. The van der Waals surface area contributed by atoms with Gasteiger partial charge in [0.1, 0.15) is 11.6 Å². The standard InChI is InChI=1S/C16H18FN3O/c1-4-18-15-9-12(8-11(3)19-15)16(21)20-13-5-6-14(17)10(2)7-13/h5-9H,4H2,1-3H3,(H,18,19)(H,20,21). The van der Waals surface area contributed by atoms with E-state index in [1.807, 2.05) is 13.8 Å². The second-order valence-electron chi connectivity index (χ2n) is 4.83. The molecule has 21 heavy (non-hydrogen) atoms. The molecule has 1 heterocycles. The van der Waals surface area contributed by atoms with Crippen molar-refractivity contribution in [1.29, 1.82) is 0 Å². The van der Waals surface area contributed by atoms with E-state index in [2.05, 4.69) is 15.6 Å². The highest BCUT2D eigenvalue weighted by atomic mass is 19.1. The summed E-state index contributed by atoms with van der Waals surface area (Å²) in [5, 5.41) is 5.85. The largest absolute Gasteiger partial charge is 0.370 e. The van der Waals surface area contributed by atoms with Crippen molar-refractivity contribution in [2.75, 3.05) is 17.2 Å². The van der Waals surface area contributed by atoms with E-state index in [-0.39, 0.29) is 11.7 Å². The molecule has 5 heteroatoms. The Morgan fingerprint density at radius 3 is 2.67 bits per heavy atom. The van der Waals surface area contributed by atoms with E-state index in [9.17, 15) is 9.18 Å². The Morgan fingerprint density at radius 2 is 2.00 bits per heavy atom. The molecule has 110 valence electrons. The molecule has 0 spiro atoms. The highest BCUT2D eigenvalue weighted by molar-refractivity contribution is 6.04. The average molecular weight is 287 g/mol. The van der Waals surface area contributed by atoms with Gasteiger partial charge in [0.05, 0.1) is 0 Å². The molecule has 0 saturated carbocycles. The van der Waals surface area contributed by atoms with Crippen LogP contribution in [0.25, 0.3) is 0 Å². The van der Waals surface area contributed by atoms with E-state index >= 15 is 0 Å². The predicted molar refractivity (Wildman–Crippen MR) is 82.2 cm³/mol. The number of pyridine rings is 1. The first kappa shape index (κ1) is 15.0. The summed E-state index contributed by atoms with van der Waals surface area (Å²) >= 11 is 0. The third-order valence-electron chi connectivity index (χ3n) is 2.99. The van der Waals surface area contributed by atoms with Gasteiger partial charge in [-0.1, -0.05) is 0 Å². The summed E-state index contributed by atoms with van der Waals surface area (Å²) in [5.41, 5.74) is 2.33. The average Bonchev–Trinajstić information content (AvgIpc) is 2.42. The molecule has 0 fully saturated rings. The second kappa shape index (κ2) is 6.35. The molecule has 0 aliphatic carbocycles. The number of amides is 1. The summed E-state index contributed by atoms with van der Waals surface area (Å²) in [6.07, 6.45) is 0. The zero-order valence-corrected chi connectivity index (χ0v) is 12.3. The van der Waals surface area contributed by atoms with Gasteiger partial charge in [-0.15, -0.1) is 0 Å². The Balaban J connectivity index is 2.21. The maximum atomic E-state index is 13.2. The summed E-state index contributed by atoms with van der Waals surface area (Å²) in [6, 6.07) is 7.90. The Bertz CT molecular complexity index is 671. The van der Waals surface area contributed by atoms with Gasteiger partial charge in [0.25, 0.3) is 5.91 Å². The fourth-order valence-corrected chi connectivity index (χ4v) is 2.00. The number of benzene rings is 1. The van der Waals surface area contributed by atoms with Crippen LogP contribution in [0.15, 0.2) is 30.3 Å². The van der Waals surface area contributed by atoms with Crippen molar-refractivity contribution in [2.24, 2.45) is 0 Å². The van der Waals surface area contributed by atoms with Crippen molar-refractivity contribution in [3.05, 3.63) is 53.0 Å². The van der Waals surface area contributed by atoms with Crippen LogP contribution < -0.4 is 10.6 Å². The molecule has 0 radical (unpaired) electrons. The lowest BCUT2D eigenvalue weighted by Crippen LogP contribution is -2.13. The van der Waals surface area contributed by atoms with E-state index < -0.39 is 0 Å². The van der Waals surface area contributed by atoms with Crippen LogP contribution in [0.1, 0.15) is 28.5 Å². The molecule has 4 nitrogen and oxygen atoms in total. The van der Waals surface area contributed by atoms with Gasteiger partial charge in [-0.25, -0.2) is 9.37 Å². The van der Waals surface area contributed by atoms with Gasteiger partial charge < -0.3 is 10.6 Å². The Labute approximate surface area is 123 Å². The Kier molecular flexibility index (Phi) is 4.52. The van der Waals surface area contributed by atoms with Crippen LogP contribution in [-0.2, 0) is 0 Å². The normalized spacial score (nSPS) is 10.3. The molecule has 0 aliphatic heterocycles. The van der Waals surface area contributed by atoms with E-state index in [0.29, 0.717) is 22.6 Å². The van der Waals surface area contributed by atoms with Crippen LogP contribution in [0.5, 0.6) is 0 Å². The zero-order chi connectivity index (χ0) is 15.4.